The van der Waals surface area contributed by atoms with Gasteiger partial charge in [-0.05, 0) is 71.8 Å². The smallest absolute Gasteiger partial charge is 0.352 e. The fraction of sp³-hybridized carbons (Fsp3) is 0.778. The Balaban J connectivity index is 0.000000941. The summed E-state index contributed by atoms with van der Waals surface area (Å²) in [6.07, 6.45) is 1.33. The summed E-state index contributed by atoms with van der Waals surface area (Å²) < 4.78 is 28.2. The van der Waals surface area contributed by atoms with E-state index in [2.05, 4.69) is 71.8 Å². The number of hydrogen-bond donors (Lipinski definition) is 3. The average Bonchev–Trinajstić information content (AvgIpc) is 3.26. The summed E-state index contributed by atoms with van der Waals surface area (Å²) in [4.78, 5) is 40.7. The van der Waals surface area contributed by atoms with Crippen LogP contribution in [-0.4, -0.2) is 69.8 Å². The van der Waals surface area contributed by atoms with Crippen LogP contribution in [0.4, 0.5) is 5.82 Å². The second kappa shape index (κ2) is 18.2. The molecule has 1 aliphatic rings. The predicted molar refractivity (Wildman–Crippen MR) is 162 cm³/mol. The summed E-state index contributed by atoms with van der Waals surface area (Å²) in [6.45, 7) is 30.6. The SMILES string of the molecule is CC(C)(C)[Si](C)(C)O[C@@H]1C=C(COP(=O)([O-])[O-])O[C@H]1n1ccc(N)nc1=O.CC[NH+](CC)CC.CC[NH+](CC)CC. The molecule has 2 heterocycles. The van der Waals surface area contributed by atoms with Gasteiger partial charge in [-0.1, -0.05) is 20.8 Å². The quantitative estimate of drug-likeness (QED) is 0.221. The first-order chi connectivity index (χ1) is 18.9. The minimum Gasteiger partial charge on any atom is -0.790 e. The van der Waals surface area contributed by atoms with Crippen LogP contribution in [0.15, 0.2) is 28.9 Å². The third kappa shape index (κ3) is 14.4. The molecule has 2 atom stereocenters. The van der Waals surface area contributed by atoms with Crippen molar-refractivity contribution in [3.63, 3.8) is 0 Å². The molecule has 0 spiro atoms. The Kier molecular flexibility index (Phi) is 17.5. The standard InChI is InChI=1S/C15H26N3O7PSi.2C6H15N/c1-15(2,3)27(4,5)25-11-8-10(9-23-26(20,21)22)24-13(11)18-7-6-12(16)17-14(18)19;2*1-4-7(5-2)6-3/h6-8,11,13H,9H2,1-5H3,(H2,16,17,19)(H2,20,21,22);2*4-6H2,1-3H3/t11-,13-;;/m1../s1. The summed E-state index contributed by atoms with van der Waals surface area (Å²) in [5.74, 6) is 0.144. The van der Waals surface area contributed by atoms with Gasteiger partial charge in [0.25, 0.3) is 0 Å². The first kappa shape index (κ1) is 39.4. The number of quaternary nitrogens is 2. The highest BCUT2D eigenvalue weighted by molar-refractivity contribution is 7.43. The number of phosphoric acid groups is 1. The van der Waals surface area contributed by atoms with E-state index in [0.717, 1.165) is 0 Å². The number of nitrogens with zero attached hydrogens (tertiary/aromatic N) is 2. The number of hydrogen-bond acceptors (Lipinski definition) is 9. The van der Waals surface area contributed by atoms with Crippen LogP contribution in [0.25, 0.3) is 0 Å². The first-order valence-corrected chi connectivity index (χ1v) is 19.0. The third-order valence-electron chi connectivity index (χ3n) is 7.63. The second-order valence-electron chi connectivity index (χ2n) is 11.4. The number of rotatable bonds is 12. The molecule has 0 unspecified atom stereocenters. The molecule has 0 saturated heterocycles. The minimum absolute atomic E-state index is 0.0614. The van der Waals surface area contributed by atoms with Gasteiger partial charge in [-0.15, -0.1) is 0 Å². The van der Waals surface area contributed by atoms with Crippen molar-refractivity contribution in [3.05, 3.63) is 34.6 Å². The van der Waals surface area contributed by atoms with Crippen LogP contribution in [0.1, 0.15) is 68.5 Å². The van der Waals surface area contributed by atoms with Gasteiger partial charge in [-0.2, -0.15) is 4.98 Å². The molecule has 4 N–H and O–H groups in total. The van der Waals surface area contributed by atoms with Crippen LogP contribution in [0.5, 0.6) is 0 Å². The van der Waals surface area contributed by atoms with Gasteiger partial charge < -0.3 is 43.6 Å². The molecule has 0 radical (unpaired) electrons. The lowest BCUT2D eigenvalue weighted by atomic mass is 10.2. The number of nitrogens with two attached hydrogens (primary N) is 1. The maximum absolute atomic E-state index is 12.2. The minimum atomic E-state index is -5.16. The van der Waals surface area contributed by atoms with Crippen LogP contribution in [0, 0.1) is 0 Å². The molecule has 2 rings (SSSR count). The summed E-state index contributed by atoms with van der Waals surface area (Å²) >= 11 is 0. The Morgan fingerprint density at radius 2 is 1.49 bits per heavy atom. The molecule has 1 aromatic heterocycles. The van der Waals surface area contributed by atoms with Gasteiger partial charge in [-0.3, -0.25) is 4.57 Å². The molecule has 0 fully saturated rings. The highest BCUT2D eigenvalue weighted by Gasteiger charge is 2.43. The number of nitrogen functional groups attached to an aromatic ring is 1. The van der Waals surface area contributed by atoms with E-state index < -0.39 is 40.8 Å². The molecule has 1 aliphatic heterocycles. The van der Waals surface area contributed by atoms with E-state index in [1.54, 1.807) is 9.80 Å². The highest BCUT2D eigenvalue weighted by Crippen LogP contribution is 2.41. The molecular formula is C27H56N5O7PSi. The van der Waals surface area contributed by atoms with Gasteiger partial charge in [0.05, 0.1) is 47.1 Å². The van der Waals surface area contributed by atoms with Crippen LogP contribution < -0.4 is 31.0 Å². The molecule has 0 aliphatic carbocycles. The Morgan fingerprint density at radius 3 is 1.83 bits per heavy atom. The van der Waals surface area contributed by atoms with Gasteiger partial charge in [0, 0.05) is 6.20 Å². The Labute approximate surface area is 248 Å². The maximum atomic E-state index is 12.2. The van der Waals surface area contributed by atoms with Crippen molar-refractivity contribution in [2.75, 3.05) is 51.6 Å². The monoisotopic (exact) mass is 621 g/mol. The number of phosphoric ester groups is 1. The van der Waals surface area contributed by atoms with Gasteiger partial charge in [0.2, 0.25) is 6.23 Å². The third-order valence-corrected chi connectivity index (χ3v) is 12.5. The van der Waals surface area contributed by atoms with Crippen molar-refractivity contribution in [2.45, 2.75) is 92.8 Å². The molecular weight excluding hydrogens is 565 g/mol. The summed E-state index contributed by atoms with van der Waals surface area (Å²) in [5.41, 5.74) is 4.88. The Hall–Kier alpha value is -1.57. The van der Waals surface area contributed by atoms with E-state index >= 15 is 0 Å². The lowest BCUT2D eigenvalue weighted by Crippen LogP contribution is -3.11. The van der Waals surface area contributed by atoms with Crippen molar-refractivity contribution in [2.24, 2.45) is 0 Å². The zero-order valence-corrected chi connectivity index (χ0v) is 29.0. The molecule has 0 amide bonds. The van der Waals surface area contributed by atoms with E-state index in [1.165, 1.54) is 62.2 Å². The molecule has 14 heteroatoms. The predicted octanol–water partition coefficient (Wildman–Crippen LogP) is 0.336. The van der Waals surface area contributed by atoms with E-state index in [-0.39, 0.29) is 16.6 Å². The van der Waals surface area contributed by atoms with Crippen LogP contribution in [-0.2, 0) is 18.3 Å². The molecule has 1 aromatic rings. The fourth-order valence-corrected chi connectivity index (χ4v) is 5.20. The Bertz CT molecular complexity index is 995. The number of anilines is 1. The van der Waals surface area contributed by atoms with Crippen molar-refractivity contribution in [1.82, 2.24) is 9.55 Å². The summed E-state index contributed by atoms with van der Waals surface area (Å²) in [5, 5.41) is -0.116. The summed E-state index contributed by atoms with van der Waals surface area (Å²) in [6, 6.07) is 1.44. The second-order valence-corrected chi connectivity index (χ2v) is 17.3. The number of nitrogens with one attached hydrogen (secondary N) is 2. The van der Waals surface area contributed by atoms with Gasteiger partial charge >= 0.3 is 5.69 Å². The highest BCUT2D eigenvalue weighted by atomic mass is 31.2. The van der Waals surface area contributed by atoms with E-state index in [1.807, 2.05) is 13.1 Å². The van der Waals surface area contributed by atoms with Crippen molar-refractivity contribution in [1.29, 1.82) is 0 Å². The lowest BCUT2D eigenvalue weighted by molar-refractivity contribution is -0.894. The molecule has 0 aromatic carbocycles. The maximum Gasteiger partial charge on any atom is 0.352 e. The average molecular weight is 622 g/mol. The molecule has 12 nitrogen and oxygen atoms in total. The topological polar surface area (TPSA) is 161 Å². The number of ether oxygens (including phenoxy) is 1. The first-order valence-electron chi connectivity index (χ1n) is 14.6. The van der Waals surface area contributed by atoms with Gasteiger partial charge in [0.15, 0.2) is 8.32 Å². The van der Waals surface area contributed by atoms with Crippen molar-refractivity contribution in [3.8, 4) is 0 Å². The van der Waals surface area contributed by atoms with Crippen molar-refractivity contribution < 1.29 is 37.8 Å². The molecule has 0 saturated carbocycles. The van der Waals surface area contributed by atoms with Crippen LogP contribution in [0.3, 0.4) is 0 Å². The summed E-state index contributed by atoms with van der Waals surface area (Å²) in [7, 11) is -7.43. The zero-order chi connectivity index (χ0) is 32.0. The van der Waals surface area contributed by atoms with Gasteiger partial charge in [-0.25, -0.2) is 4.79 Å². The lowest BCUT2D eigenvalue weighted by Gasteiger charge is -2.39. The fourth-order valence-electron chi connectivity index (χ4n) is 3.70. The molecule has 240 valence electrons. The Morgan fingerprint density at radius 1 is 1.02 bits per heavy atom. The number of aromatic nitrogens is 2. The molecule has 0 bridgehead atoms. The van der Waals surface area contributed by atoms with Gasteiger partial charge in [0.1, 0.15) is 24.3 Å². The van der Waals surface area contributed by atoms with Crippen LogP contribution in [0.2, 0.25) is 18.1 Å². The van der Waals surface area contributed by atoms with E-state index in [9.17, 15) is 19.1 Å². The van der Waals surface area contributed by atoms with Crippen LogP contribution >= 0.6 is 7.82 Å². The normalized spacial score (nSPS) is 17.4. The zero-order valence-electron chi connectivity index (χ0n) is 27.1. The van der Waals surface area contributed by atoms with E-state index in [4.69, 9.17) is 14.9 Å². The molecule has 41 heavy (non-hydrogen) atoms. The van der Waals surface area contributed by atoms with Crippen molar-refractivity contribution >= 4 is 22.0 Å². The largest absolute Gasteiger partial charge is 0.790 e. The van der Waals surface area contributed by atoms with E-state index in [0.29, 0.717) is 0 Å².